The van der Waals surface area contributed by atoms with Gasteiger partial charge in [-0.2, -0.15) is 0 Å². The van der Waals surface area contributed by atoms with Crippen LogP contribution in [0, 0.1) is 0 Å². The Bertz CT molecular complexity index is 736. The van der Waals surface area contributed by atoms with Gasteiger partial charge in [-0.1, -0.05) is 106 Å². The van der Waals surface area contributed by atoms with Crippen molar-refractivity contribution in [2.75, 3.05) is 6.66 Å². The fourth-order valence-corrected chi connectivity index (χ4v) is 4.94. The van der Waals surface area contributed by atoms with Crippen LogP contribution < -0.4 is 0 Å². The molecule has 0 fully saturated rings. The van der Waals surface area contributed by atoms with E-state index in [9.17, 15) is 0 Å². The van der Waals surface area contributed by atoms with E-state index in [2.05, 4.69) is 113 Å². The number of rotatable bonds is 4. The molecular formula is C21H18BrP. The zero-order valence-electron chi connectivity index (χ0n) is 13.0. The zero-order valence-corrected chi connectivity index (χ0v) is 15.5. The Balaban J connectivity index is 2.32. The minimum Gasteiger partial charge on any atom is -0.0622 e. The molecule has 0 heterocycles. The molecule has 114 valence electrons. The maximum Gasteiger partial charge on any atom is 0.00226 e. The molecule has 0 aliphatic heterocycles. The van der Waals surface area contributed by atoms with Crippen molar-refractivity contribution < 1.29 is 0 Å². The van der Waals surface area contributed by atoms with Crippen LogP contribution >= 0.6 is 22.1 Å². The Kier molecular flexibility index (Phi) is 5.43. The largest absolute Gasteiger partial charge is 0.0622 e. The standard InChI is InChI=1S/C21H18BrP/c1-23(22)21(19-15-9-4-10-16-19)20(17-11-5-2-6-12-17)18-13-7-3-8-14-18/h2-16H,1H3. The highest BCUT2D eigenvalue weighted by molar-refractivity contribution is 9.40. The van der Waals surface area contributed by atoms with E-state index >= 15 is 0 Å². The lowest BCUT2D eigenvalue weighted by atomic mass is 9.95. The Morgan fingerprint density at radius 1 is 0.609 bits per heavy atom. The van der Waals surface area contributed by atoms with Gasteiger partial charge in [-0.15, -0.1) is 0 Å². The summed E-state index contributed by atoms with van der Waals surface area (Å²) in [6.07, 6.45) is 0. The van der Waals surface area contributed by atoms with Crippen LogP contribution in [-0.4, -0.2) is 6.66 Å². The van der Waals surface area contributed by atoms with Crippen LogP contribution in [-0.2, 0) is 0 Å². The fraction of sp³-hybridized carbons (Fsp3) is 0.0476. The van der Waals surface area contributed by atoms with Gasteiger partial charge in [-0.05, 0) is 35.6 Å². The molecule has 23 heavy (non-hydrogen) atoms. The van der Waals surface area contributed by atoms with Gasteiger partial charge < -0.3 is 0 Å². The van der Waals surface area contributed by atoms with Gasteiger partial charge in [0.1, 0.15) is 0 Å². The molecule has 0 aliphatic rings. The van der Waals surface area contributed by atoms with Gasteiger partial charge >= 0.3 is 0 Å². The molecule has 1 unspecified atom stereocenters. The van der Waals surface area contributed by atoms with Crippen molar-refractivity contribution in [3.8, 4) is 0 Å². The lowest BCUT2D eigenvalue weighted by Gasteiger charge is -2.19. The Labute approximate surface area is 147 Å². The molecule has 1 atom stereocenters. The molecule has 0 radical (unpaired) electrons. The van der Waals surface area contributed by atoms with E-state index in [4.69, 9.17) is 0 Å². The second-order valence-electron chi connectivity index (χ2n) is 5.30. The molecule has 3 aromatic carbocycles. The van der Waals surface area contributed by atoms with E-state index in [-0.39, 0.29) is 0 Å². The summed E-state index contributed by atoms with van der Waals surface area (Å²) in [4.78, 5) is 0. The van der Waals surface area contributed by atoms with Crippen molar-refractivity contribution in [1.29, 1.82) is 0 Å². The van der Waals surface area contributed by atoms with Gasteiger partial charge in [0.05, 0.1) is 0 Å². The average molecular weight is 381 g/mol. The number of hydrogen-bond donors (Lipinski definition) is 0. The molecular weight excluding hydrogens is 363 g/mol. The van der Waals surface area contributed by atoms with Crippen LogP contribution in [0.2, 0.25) is 0 Å². The molecule has 0 nitrogen and oxygen atoms in total. The molecule has 0 saturated heterocycles. The normalized spacial score (nSPS) is 11.7. The molecule has 0 aromatic heterocycles. The molecule has 3 aromatic rings. The third-order valence-corrected chi connectivity index (χ3v) is 5.88. The van der Waals surface area contributed by atoms with Gasteiger partial charge in [0.2, 0.25) is 0 Å². The number of halogens is 1. The summed E-state index contributed by atoms with van der Waals surface area (Å²) in [5.74, 6) is 0. The molecule has 0 spiro atoms. The highest BCUT2D eigenvalue weighted by Gasteiger charge is 2.17. The topological polar surface area (TPSA) is 0 Å². The number of benzene rings is 3. The van der Waals surface area contributed by atoms with E-state index in [1.807, 2.05) is 0 Å². The van der Waals surface area contributed by atoms with Crippen molar-refractivity contribution in [1.82, 2.24) is 0 Å². The van der Waals surface area contributed by atoms with Crippen molar-refractivity contribution in [2.45, 2.75) is 0 Å². The van der Waals surface area contributed by atoms with Crippen molar-refractivity contribution in [3.05, 3.63) is 108 Å². The lowest BCUT2D eigenvalue weighted by Crippen LogP contribution is -1.93. The summed E-state index contributed by atoms with van der Waals surface area (Å²) in [6.45, 7) is 1.82. The van der Waals surface area contributed by atoms with Gasteiger partial charge in [-0.3, -0.25) is 0 Å². The van der Waals surface area contributed by atoms with Crippen LogP contribution in [0.3, 0.4) is 0 Å². The smallest absolute Gasteiger partial charge is 0.00226 e. The van der Waals surface area contributed by atoms with Gasteiger partial charge in [0, 0.05) is 5.31 Å². The maximum absolute atomic E-state index is 3.88. The third kappa shape index (κ3) is 3.80. The molecule has 0 bridgehead atoms. The van der Waals surface area contributed by atoms with Crippen molar-refractivity contribution in [2.24, 2.45) is 0 Å². The first-order valence-corrected chi connectivity index (χ1v) is 11.4. The number of hydrogen-bond acceptors (Lipinski definition) is 0. The SMILES string of the molecule is CP(Br)C(=C(c1ccccc1)c1ccccc1)c1ccccc1. The Hall–Kier alpha value is -1.69. The summed E-state index contributed by atoms with van der Waals surface area (Å²) in [6, 6.07) is 32.0. The van der Waals surface area contributed by atoms with Crippen molar-refractivity contribution >= 4 is 33.0 Å². The van der Waals surface area contributed by atoms with Crippen molar-refractivity contribution in [3.63, 3.8) is 0 Å². The minimum atomic E-state index is -0.435. The predicted molar refractivity (Wildman–Crippen MR) is 107 cm³/mol. The minimum absolute atomic E-state index is 0.435. The Morgan fingerprint density at radius 2 is 0.957 bits per heavy atom. The zero-order chi connectivity index (χ0) is 16.1. The van der Waals surface area contributed by atoms with Crippen LogP contribution in [0.1, 0.15) is 16.7 Å². The predicted octanol–water partition coefficient (Wildman–Crippen LogP) is 7.02. The quantitative estimate of drug-likeness (QED) is 0.336. The highest BCUT2D eigenvalue weighted by Crippen LogP contribution is 2.57. The fourth-order valence-electron chi connectivity index (χ4n) is 2.72. The summed E-state index contributed by atoms with van der Waals surface area (Å²) in [5.41, 5.74) is 5.10. The summed E-state index contributed by atoms with van der Waals surface area (Å²) >= 11 is 3.88. The molecule has 0 N–H and O–H groups in total. The monoisotopic (exact) mass is 380 g/mol. The molecule has 0 saturated carbocycles. The van der Waals surface area contributed by atoms with Gasteiger partial charge in [0.25, 0.3) is 0 Å². The maximum atomic E-state index is 3.88. The molecule has 3 rings (SSSR count). The van der Waals surface area contributed by atoms with Crippen LogP contribution in [0.15, 0.2) is 91.0 Å². The summed E-state index contributed by atoms with van der Waals surface area (Å²) < 4.78 is 0. The third-order valence-electron chi connectivity index (χ3n) is 3.72. The first-order valence-electron chi connectivity index (χ1n) is 7.57. The summed E-state index contributed by atoms with van der Waals surface area (Å²) in [7, 11) is 0. The van der Waals surface area contributed by atoms with Crippen LogP contribution in [0.4, 0.5) is 0 Å². The van der Waals surface area contributed by atoms with Crippen LogP contribution in [0.25, 0.3) is 10.9 Å². The molecule has 0 aliphatic carbocycles. The van der Waals surface area contributed by atoms with E-state index in [1.165, 1.54) is 27.6 Å². The van der Waals surface area contributed by atoms with E-state index in [0.29, 0.717) is 0 Å². The van der Waals surface area contributed by atoms with Gasteiger partial charge in [0.15, 0.2) is 0 Å². The lowest BCUT2D eigenvalue weighted by molar-refractivity contribution is 1.55. The summed E-state index contributed by atoms with van der Waals surface area (Å²) in [5, 5.41) is 1.37. The molecule has 0 amide bonds. The van der Waals surface area contributed by atoms with Crippen LogP contribution in [0.5, 0.6) is 0 Å². The average Bonchev–Trinajstić information content (AvgIpc) is 2.61. The first-order chi connectivity index (χ1) is 11.3. The van der Waals surface area contributed by atoms with E-state index in [1.54, 1.807) is 0 Å². The highest BCUT2D eigenvalue weighted by atomic mass is 79.9. The van der Waals surface area contributed by atoms with Gasteiger partial charge in [-0.25, -0.2) is 0 Å². The second kappa shape index (κ2) is 7.73. The van der Waals surface area contributed by atoms with E-state index in [0.717, 1.165) is 0 Å². The Morgan fingerprint density at radius 3 is 1.30 bits per heavy atom. The first kappa shape index (κ1) is 16.2. The van der Waals surface area contributed by atoms with E-state index < -0.39 is 6.62 Å². The second-order valence-corrected chi connectivity index (χ2v) is 9.89. The molecule has 2 heteroatoms.